The smallest absolute Gasteiger partial charge is 0.138 e. The van der Waals surface area contributed by atoms with Crippen molar-refractivity contribution in [1.82, 2.24) is 35.1 Å². The van der Waals surface area contributed by atoms with Gasteiger partial charge in [0, 0.05) is 55.2 Å². The second-order valence-electron chi connectivity index (χ2n) is 8.05. The van der Waals surface area contributed by atoms with Crippen LogP contribution in [-0.2, 0) is 0 Å². The second-order valence-corrected chi connectivity index (χ2v) is 8.05. The maximum atomic E-state index is 4.62. The Balaban J connectivity index is 1.48. The molecule has 0 saturated heterocycles. The van der Waals surface area contributed by atoms with Gasteiger partial charge in [-0.1, -0.05) is 0 Å². The predicted octanol–water partition coefficient (Wildman–Crippen LogP) is 4.69. The molecule has 0 atom stereocenters. The first-order chi connectivity index (χ1) is 16.2. The number of anilines is 1. The highest BCUT2D eigenvalue weighted by Gasteiger charge is 2.15. The van der Waals surface area contributed by atoms with Gasteiger partial charge in [-0.05, 0) is 47.5 Å². The summed E-state index contributed by atoms with van der Waals surface area (Å²) in [4.78, 5) is 23.1. The fourth-order valence-electron chi connectivity index (χ4n) is 4.03. The molecule has 0 aliphatic carbocycles. The van der Waals surface area contributed by atoms with Gasteiger partial charge >= 0.3 is 0 Å². The number of fused-ring (bicyclic) bond motifs is 2. The van der Waals surface area contributed by atoms with Crippen LogP contribution in [0.15, 0.2) is 73.6 Å². The van der Waals surface area contributed by atoms with E-state index in [1.165, 1.54) is 0 Å². The molecule has 0 unspecified atom stereocenters. The number of nitrogens with zero attached hydrogens (tertiary/aromatic N) is 6. The third-order valence-electron chi connectivity index (χ3n) is 5.76. The minimum atomic E-state index is 0.813. The zero-order valence-electron chi connectivity index (χ0n) is 18.1. The van der Waals surface area contributed by atoms with E-state index < -0.39 is 0 Å². The normalized spacial score (nSPS) is 11.3. The largest absolute Gasteiger partial charge is 0.376 e. The Hall–Kier alpha value is -4.59. The van der Waals surface area contributed by atoms with E-state index in [1.807, 2.05) is 68.0 Å². The monoisotopic (exact) mass is 432 g/mol. The van der Waals surface area contributed by atoms with Gasteiger partial charge in [0.1, 0.15) is 11.3 Å². The summed E-state index contributed by atoms with van der Waals surface area (Å²) in [6, 6.07) is 12.2. The molecule has 0 amide bonds. The lowest BCUT2D eigenvalue weighted by Gasteiger charge is -2.12. The molecule has 8 heteroatoms. The van der Waals surface area contributed by atoms with Gasteiger partial charge in [-0.25, -0.2) is 4.98 Å². The number of hydrogen-bond acceptors (Lipinski definition) is 6. The molecular weight excluding hydrogens is 412 g/mol. The number of rotatable bonds is 4. The summed E-state index contributed by atoms with van der Waals surface area (Å²) in [5, 5.41) is 9.70. The summed E-state index contributed by atoms with van der Waals surface area (Å²) >= 11 is 0. The third kappa shape index (κ3) is 3.28. The van der Waals surface area contributed by atoms with E-state index in [0.717, 1.165) is 61.4 Å². The van der Waals surface area contributed by atoms with Crippen molar-refractivity contribution in [3.63, 3.8) is 0 Å². The first-order valence-corrected chi connectivity index (χ1v) is 10.5. The molecule has 0 radical (unpaired) electrons. The van der Waals surface area contributed by atoms with Gasteiger partial charge in [-0.15, -0.1) is 0 Å². The van der Waals surface area contributed by atoms with Gasteiger partial charge in [0.05, 0.1) is 35.0 Å². The van der Waals surface area contributed by atoms with Crippen molar-refractivity contribution in [1.29, 1.82) is 0 Å². The molecule has 33 heavy (non-hydrogen) atoms. The zero-order valence-corrected chi connectivity index (χ0v) is 18.1. The standard InChI is InChI=1S/C25H20N8/c1-33(2)17-9-16(12-27-13-17)21-11-20-23(14-29-21)31-32-24(20)22-10-19-18(5-8-28-25(19)30-22)15-3-6-26-7-4-15/h3-14H,1-2H3,(H,28,30)(H,31,32). The zero-order chi connectivity index (χ0) is 22.4. The fourth-order valence-corrected chi connectivity index (χ4v) is 4.03. The highest BCUT2D eigenvalue weighted by molar-refractivity contribution is 6.00. The van der Waals surface area contributed by atoms with E-state index in [-0.39, 0.29) is 0 Å². The van der Waals surface area contributed by atoms with Crippen molar-refractivity contribution in [2.45, 2.75) is 0 Å². The van der Waals surface area contributed by atoms with Crippen LogP contribution < -0.4 is 4.90 Å². The predicted molar refractivity (Wildman–Crippen MR) is 130 cm³/mol. The topological polar surface area (TPSA) is 99.3 Å². The first-order valence-electron chi connectivity index (χ1n) is 10.5. The molecule has 6 heterocycles. The summed E-state index contributed by atoms with van der Waals surface area (Å²) in [7, 11) is 3.99. The molecule has 0 aliphatic rings. The van der Waals surface area contributed by atoms with Crippen molar-refractivity contribution in [2.75, 3.05) is 19.0 Å². The van der Waals surface area contributed by atoms with Crippen LogP contribution in [0.2, 0.25) is 0 Å². The Bertz CT molecular complexity index is 1600. The Labute approximate surface area is 189 Å². The summed E-state index contributed by atoms with van der Waals surface area (Å²) in [5.41, 5.74) is 8.40. The van der Waals surface area contributed by atoms with Crippen LogP contribution in [0.1, 0.15) is 0 Å². The number of aromatic amines is 2. The average Bonchev–Trinajstić information content (AvgIpc) is 3.48. The van der Waals surface area contributed by atoms with Gasteiger partial charge in [-0.2, -0.15) is 5.10 Å². The summed E-state index contributed by atoms with van der Waals surface area (Å²) in [6.07, 6.45) is 10.9. The molecule has 6 aromatic rings. The SMILES string of the molecule is CN(C)c1cncc(-c2cc3c(-c4cc5c(-c6ccncc6)ccnc5[nH]4)n[nH]c3cn2)c1. The van der Waals surface area contributed by atoms with Crippen molar-refractivity contribution < 1.29 is 0 Å². The van der Waals surface area contributed by atoms with Gasteiger partial charge in [-0.3, -0.25) is 20.1 Å². The molecule has 160 valence electrons. The molecular formula is C25H20N8. The van der Waals surface area contributed by atoms with Gasteiger partial charge < -0.3 is 9.88 Å². The molecule has 0 bridgehead atoms. The quantitative estimate of drug-likeness (QED) is 0.419. The van der Waals surface area contributed by atoms with Crippen LogP contribution in [0.25, 0.3) is 55.7 Å². The summed E-state index contributed by atoms with van der Waals surface area (Å²) in [6.45, 7) is 0. The van der Waals surface area contributed by atoms with Crippen LogP contribution in [-0.4, -0.2) is 49.2 Å². The molecule has 0 aliphatic heterocycles. The minimum Gasteiger partial charge on any atom is -0.376 e. The number of nitrogens with one attached hydrogen (secondary N) is 2. The van der Waals surface area contributed by atoms with Crippen LogP contribution >= 0.6 is 0 Å². The van der Waals surface area contributed by atoms with Crippen molar-refractivity contribution >= 4 is 27.6 Å². The lowest BCUT2D eigenvalue weighted by molar-refractivity contribution is 1.11. The van der Waals surface area contributed by atoms with E-state index in [0.29, 0.717) is 0 Å². The fraction of sp³-hybridized carbons (Fsp3) is 0.0800. The van der Waals surface area contributed by atoms with Gasteiger partial charge in [0.15, 0.2) is 0 Å². The molecule has 0 spiro atoms. The third-order valence-corrected chi connectivity index (χ3v) is 5.76. The lowest BCUT2D eigenvalue weighted by Crippen LogP contribution is -2.08. The average molecular weight is 432 g/mol. The van der Waals surface area contributed by atoms with Crippen molar-refractivity contribution in [3.8, 4) is 33.8 Å². The van der Waals surface area contributed by atoms with E-state index in [4.69, 9.17) is 0 Å². The van der Waals surface area contributed by atoms with E-state index in [1.54, 1.807) is 12.4 Å². The Morgan fingerprint density at radius 1 is 0.788 bits per heavy atom. The maximum Gasteiger partial charge on any atom is 0.138 e. The lowest BCUT2D eigenvalue weighted by atomic mass is 10.0. The number of pyridine rings is 4. The molecule has 2 N–H and O–H groups in total. The highest BCUT2D eigenvalue weighted by atomic mass is 15.1. The molecule has 6 rings (SSSR count). The van der Waals surface area contributed by atoms with E-state index >= 15 is 0 Å². The Morgan fingerprint density at radius 2 is 1.67 bits per heavy atom. The van der Waals surface area contributed by atoms with Crippen LogP contribution in [0.4, 0.5) is 5.69 Å². The molecule has 8 nitrogen and oxygen atoms in total. The number of aromatic nitrogens is 7. The second kappa shape index (κ2) is 7.52. The number of H-pyrrole nitrogens is 2. The highest BCUT2D eigenvalue weighted by Crippen LogP contribution is 2.34. The number of hydrogen-bond donors (Lipinski definition) is 2. The molecule has 6 aromatic heterocycles. The van der Waals surface area contributed by atoms with E-state index in [2.05, 4.69) is 47.2 Å². The van der Waals surface area contributed by atoms with Gasteiger partial charge in [0.25, 0.3) is 0 Å². The minimum absolute atomic E-state index is 0.813. The first kappa shape index (κ1) is 19.1. The maximum absolute atomic E-state index is 4.62. The van der Waals surface area contributed by atoms with E-state index in [9.17, 15) is 0 Å². The Morgan fingerprint density at radius 3 is 2.52 bits per heavy atom. The van der Waals surface area contributed by atoms with Crippen molar-refractivity contribution in [3.05, 3.63) is 73.6 Å². The molecule has 0 fully saturated rings. The van der Waals surface area contributed by atoms with Crippen LogP contribution in [0.3, 0.4) is 0 Å². The van der Waals surface area contributed by atoms with Crippen LogP contribution in [0.5, 0.6) is 0 Å². The van der Waals surface area contributed by atoms with Gasteiger partial charge in [0.2, 0.25) is 0 Å². The summed E-state index contributed by atoms with van der Waals surface area (Å²) < 4.78 is 0. The van der Waals surface area contributed by atoms with Crippen molar-refractivity contribution in [2.24, 2.45) is 0 Å². The Kier molecular flexibility index (Phi) is 4.36. The summed E-state index contributed by atoms with van der Waals surface area (Å²) in [5.74, 6) is 0. The molecule has 0 aromatic carbocycles. The van der Waals surface area contributed by atoms with Crippen LogP contribution in [0, 0.1) is 0 Å². The molecule has 0 saturated carbocycles.